The summed E-state index contributed by atoms with van der Waals surface area (Å²) < 4.78 is 2.16. The molecule has 0 aliphatic rings. The highest BCUT2D eigenvalue weighted by atomic mass is 14.9. The van der Waals surface area contributed by atoms with E-state index in [0.717, 1.165) is 6.54 Å². The third-order valence-corrected chi connectivity index (χ3v) is 2.22. The average molecular weight is 158 g/mol. The van der Waals surface area contributed by atoms with Gasteiger partial charge in [0.2, 0.25) is 0 Å². The van der Waals surface area contributed by atoms with E-state index < -0.39 is 0 Å². The lowest BCUT2D eigenvalue weighted by atomic mass is 10.2. The first-order valence-electron chi connectivity index (χ1n) is 4.30. The first-order chi connectivity index (χ1) is 5.83. The first kappa shape index (κ1) is 7.41. The van der Waals surface area contributed by atoms with E-state index in [1.165, 1.54) is 16.5 Å². The van der Waals surface area contributed by atoms with E-state index in [1.54, 1.807) is 0 Å². The molecule has 0 spiro atoms. The van der Waals surface area contributed by atoms with E-state index in [2.05, 4.69) is 48.9 Å². The van der Waals surface area contributed by atoms with Crippen LogP contribution in [0.25, 0.3) is 10.9 Å². The Bertz CT molecular complexity index is 398. The molecule has 1 heterocycles. The van der Waals surface area contributed by atoms with Crippen molar-refractivity contribution in [2.45, 2.75) is 20.4 Å². The summed E-state index contributed by atoms with van der Waals surface area (Å²) in [7, 11) is 0. The molecule has 0 fully saturated rings. The number of aromatic nitrogens is 1. The lowest BCUT2D eigenvalue weighted by Crippen LogP contribution is -1.90. The summed E-state index contributed by atoms with van der Waals surface area (Å²) >= 11 is 0. The molecule has 61 valence electrons. The summed E-state index contributed by atoms with van der Waals surface area (Å²) in [5.41, 5.74) is 2.53. The van der Waals surface area contributed by atoms with Gasteiger partial charge in [0.05, 0.1) is 6.20 Å². The zero-order valence-corrected chi connectivity index (χ0v) is 7.46. The fourth-order valence-electron chi connectivity index (χ4n) is 1.60. The van der Waals surface area contributed by atoms with E-state index in [-0.39, 0.29) is 0 Å². The largest absolute Gasteiger partial charge is 0.339 e. The zero-order chi connectivity index (χ0) is 8.55. The van der Waals surface area contributed by atoms with E-state index in [4.69, 9.17) is 0 Å². The summed E-state index contributed by atoms with van der Waals surface area (Å²) in [5, 5.41) is 1.32. The fourth-order valence-corrected chi connectivity index (χ4v) is 1.60. The molecule has 0 bridgehead atoms. The van der Waals surface area contributed by atoms with Gasteiger partial charge >= 0.3 is 0 Å². The van der Waals surface area contributed by atoms with Gasteiger partial charge in [-0.3, -0.25) is 0 Å². The molecular formula is C11H12N. The monoisotopic (exact) mass is 158 g/mol. The summed E-state index contributed by atoms with van der Waals surface area (Å²) in [6, 6.07) is 8.43. The molecule has 12 heavy (non-hydrogen) atoms. The molecule has 0 aliphatic heterocycles. The number of benzene rings is 1. The van der Waals surface area contributed by atoms with Gasteiger partial charge in [0.15, 0.2) is 0 Å². The predicted molar refractivity (Wildman–Crippen MR) is 51.2 cm³/mol. The van der Waals surface area contributed by atoms with Crippen molar-refractivity contribution in [1.29, 1.82) is 0 Å². The van der Waals surface area contributed by atoms with Gasteiger partial charge in [0.1, 0.15) is 0 Å². The number of rotatable bonds is 1. The van der Waals surface area contributed by atoms with Crippen LogP contribution in [0.1, 0.15) is 12.5 Å². The third kappa shape index (κ3) is 0.934. The van der Waals surface area contributed by atoms with Crippen LogP contribution in [-0.2, 0) is 6.54 Å². The minimum absolute atomic E-state index is 0.994. The van der Waals surface area contributed by atoms with Crippen LogP contribution in [-0.4, -0.2) is 4.57 Å². The van der Waals surface area contributed by atoms with Gasteiger partial charge in [-0.05, 0) is 25.5 Å². The van der Waals surface area contributed by atoms with Crippen LogP contribution in [0.3, 0.4) is 0 Å². The maximum atomic E-state index is 3.32. The van der Waals surface area contributed by atoms with Gasteiger partial charge in [-0.15, -0.1) is 0 Å². The summed E-state index contributed by atoms with van der Waals surface area (Å²) in [5.74, 6) is 0. The van der Waals surface area contributed by atoms with Crippen LogP contribution in [0.15, 0.2) is 24.3 Å². The minimum atomic E-state index is 0.994. The Morgan fingerprint density at radius 1 is 1.33 bits per heavy atom. The number of hydrogen-bond donors (Lipinski definition) is 0. The first-order valence-corrected chi connectivity index (χ1v) is 4.30. The Labute approximate surface area is 72.6 Å². The second-order valence-corrected chi connectivity index (χ2v) is 3.00. The molecule has 1 aromatic heterocycles. The van der Waals surface area contributed by atoms with E-state index in [9.17, 15) is 0 Å². The molecule has 0 N–H and O–H groups in total. The highest BCUT2D eigenvalue weighted by Crippen LogP contribution is 2.19. The van der Waals surface area contributed by atoms with Gasteiger partial charge in [-0.1, -0.05) is 18.2 Å². The van der Waals surface area contributed by atoms with Crippen molar-refractivity contribution >= 4 is 10.9 Å². The highest BCUT2D eigenvalue weighted by Gasteiger charge is 2.01. The molecule has 0 amide bonds. The van der Waals surface area contributed by atoms with Crippen molar-refractivity contribution in [2.24, 2.45) is 0 Å². The van der Waals surface area contributed by atoms with E-state index in [1.807, 2.05) is 0 Å². The van der Waals surface area contributed by atoms with E-state index >= 15 is 0 Å². The summed E-state index contributed by atoms with van der Waals surface area (Å²) in [6.45, 7) is 5.24. The number of fused-ring (bicyclic) bond motifs is 1. The quantitative estimate of drug-likeness (QED) is 0.601. The molecule has 1 aromatic carbocycles. The van der Waals surface area contributed by atoms with Crippen LogP contribution in [0, 0.1) is 13.1 Å². The number of aryl methyl sites for hydroxylation is 2. The molecule has 1 radical (unpaired) electrons. The Morgan fingerprint density at radius 2 is 2.08 bits per heavy atom. The van der Waals surface area contributed by atoms with Crippen molar-refractivity contribution in [3.05, 3.63) is 36.0 Å². The average Bonchev–Trinajstić information content (AvgIpc) is 2.44. The highest BCUT2D eigenvalue weighted by molar-refractivity contribution is 5.83. The fraction of sp³-hybridized carbons (Fsp3) is 0.273. The molecule has 1 nitrogen and oxygen atoms in total. The Morgan fingerprint density at radius 3 is 2.83 bits per heavy atom. The maximum absolute atomic E-state index is 3.32. The number of para-hydroxylation sites is 1. The summed E-state index contributed by atoms with van der Waals surface area (Å²) in [4.78, 5) is 0. The Hall–Kier alpha value is -1.24. The van der Waals surface area contributed by atoms with Crippen molar-refractivity contribution in [2.75, 3.05) is 0 Å². The molecule has 2 rings (SSSR count). The van der Waals surface area contributed by atoms with Crippen molar-refractivity contribution in [1.82, 2.24) is 4.57 Å². The summed E-state index contributed by atoms with van der Waals surface area (Å²) in [6.07, 6.45) is 3.32. The lowest BCUT2D eigenvalue weighted by molar-refractivity contribution is 0.789. The predicted octanol–water partition coefficient (Wildman–Crippen LogP) is 2.77. The standard InChI is InChI=1S/C11H12N/c1-3-12-8-9(2)10-6-4-5-7-11(10)12/h4-7H,3H2,1-2H3. The normalized spacial score (nSPS) is 10.8. The smallest absolute Gasteiger partial charge is 0.0691 e. The molecule has 0 aliphatic carbocycles. The van der Waals surface area contributed by atoms with Crippen molar-refractivity contribution in [3.8, 4) is 0 Å². The van der Waals surface area contributed by atoms with Gasteiger partial charge in [0.25, 0.3) is 0 Å². The topological polar surface area (TPSA) is 4.93 Å². The van der Waals surface area contributed by atoms with Crippen LogP contribution >= 0.6 is 0 Å². The van der Waals surface area contributed by atoms with Gasteiger partial charge < -0.3 is 4.57 Å². The molecule has 0 saturated heterocycles. The van der Waals surface area contributed by atoms with E-state index in [0.29, 0.717) is 0 Å². The zero-order valence-electron chi connectivity index (χ0n) is 7.46. The number of hydrogen-bond acceptors (Lipinski definition) is 0. The second kappa shape index (κ2) is 2.67. The minimum Gasteiger partial charge on any atom is -0.339 e. The molecule has 0 saturated carbocycles. The molecule has 0 unspecified atom stereocenters. The van der Waals surface area contributed by atoms with Crippen LogP contribution in [0.2, 0.25) is 0 Å². The van der Waals surface area contributed by atoms with Gasteiger partial charge in [0, 0.05) is 17.4 Å². The van der Waals surface area contributed by atoms with Crippen molar-refractivity contribution in [3.63, 3.8) is 0 Å². The van der Waals surface area contributed by atoms with Crippen LogP contribution < -0.4 is 0 Å². The van der Waals surface area contributed by atoms with Gasteiger partial charge in [-0.25, -0.2) is 0 Å². The molecule has 2 aromatic rings. The van der Waals surface area contributed by atoms with Crippen LogP contribution in [0.5, 0.6) is 0 Å². The number of nitrogens with zero attached hydrogens (tertiary/aromatic N) is 1. The Kier molecular flexibility index (Phi) is 1.65. The molecule has 1 heteroatoms. The van der Waals surface area contributed by atoms with Crippen molar-refractivity contribution < 1.29 is 0 Å². The Balaban J connectivity index is 2.82. The SMILES string of the molecule is CCn1[c]c(C)c2ccccc21. The molecule has 0 atom stereocenters. The maximum Gasteiger partial charge on any atom is 0.0691 e. The molecular weight excluding hydrogens is 146 g/mol. The second-order valence-electron chi connectivity index (χ2n) is 3.00. The van der Waals surface area contributed by atoms with Crippen LogP contribution in [0.4, 0.5) is 0 Å². The van der Waals surface area contributed by atoms with Gasteiger partial charge in [-0.2, -0.15) is 0 Å². The third-order valence-electron chi connectivity index (χ3n) is 2.22. The lowest BCUT2D eigenvalue weighted by Gasteiger charge is -1.97.